The molecule has 21 heteroatoms. The first-order chi connectivity index (χ1) is 31.2. The second-order valence-corrected chi connectivity index (χ2v) is 14.3. The predicted molar refractivity (Wildman–Crippen MR) is 226 cm³/mol. The quantitative estimate of drug-likeness (QED) is 0.0848. The van der Waals surface area contributed by atoms with Gasteiger partial charge in [-0.25, -0.2) is 28.3 Å². The third-order valence-electron chi connectivity index (χ3n) is 9.74. The van der Waals surface area contributed by atoms with Crippen LogP contribution in [0, 0.1) is 52.9 Å². The lowest BCUT2D eigenvalue weighted by Gasteiger charge is -2.17. The number of alkyl halides is 6. The molecule has 0 atom stereocenters. The Labute approximate surface area is 373 Å². The van der Waals surface area contributed by atoms with Gasteiger partial charge in [0.25, 0.3) is 0 Å². The number of nitrogens with one attached hydrogen (secondary N) is 2. The molecule has 0 aliphatic rings. The van der Waals surface area contributed by atoms with Crippen LogP contribution >= 0.6 is 12.2 Å². The van der Waals surface area contributed by atoms with Crippen molar-refractivity contribution in [2.45, 2.75) is 26.2 Å². The lowest BCUT2D eigenvalue weighted by atomic mass is 10.1. The Morgan fingerprint density at radius 2 is 1.15 bits per heavy atom. The Bertz CT molecular complexity index is 3210. The van der Waals surface area contributed by atoms with Crippen LogP contribution in [0.4, 0.5) is 58.0 Å². The third kappa shape index (κ3) is 9.66. The fourth-order valence-electron chi connectivity index (χ4n) is 6.57. The van der Waals surface area contributed by atoms with E-state index in [2.05, 4.69) is 30.1 Å². The molecule has 66 heavy (non-hydrogen) atoms. The van der Waals surface area contributed by atoms with Crippen LogP contribution in [0.1, 0.15) is 54.1 Å². The van der Waals surface area contributed by atoms with Gasteiger partial charge in [0.2, 0.25) is 0 Å². The van der Waals surface area contributed by atoms with Crippen LogP contribution in [0.25, 0.3) is 22.5 Å². The summed E-state index contributed by atoms with van der Waals surface area (Å²) in [5.74, 6) is -3.16. The van der Waals surface area contributed by atoms with E-state index in [0.717, 1.165) is 50.6 Å². The van der Waals surface area contributed by atoms with Gasteiger partial charge in [-0.2, -0.15) is 36.9 Å². The van der Waals surface area contributed by atoms with Gasteiger partial charge in [0, 0.05) is 23.8 Å². The van der Waals surface area contributed by atoms with E-state index in [1.807, 2.05) is 0 Å². The topological polar surface area (TPSA) is 160 Å². The molecule has 3 aromatic heterocycles. The Kier molecular flexibility index (Phi) is 13.5. The number of ether oxygens (including phenoxy) is 2. The van der Waals surface area contributed by atoms with E-state index in [1.54, 1.807) is 32.0 Å². The van der Waals surface area contributed by atoms with Gasteiger partial charge in [-0.3, -0.25) is 9.13 Å². The molecule has 0 aliphatic heterocycles. The molecule has 0 radical (unpaired) electrons. The zero-order valence-corrected chi connectivity index (χ0v) is 35.3. The van der Waals surface area contributed by atoms with Gasteiger partial charge in [0.15, 0.2) is 16.2 Å². The number of imidazole rings is 1. The molecule has 0 unspecified atom stereocenters. The van der Waals surface area contributed by atoms with Crippen molar-refractivity contribution in [2.75, 3.05) is 24.9 Å². The average molecular weight is 931 g/mol. The van der Waals surface area contributed by atoms with E-state index in [9.17, 15) is 44.7 Å². The third-order valence-corrected chi connectivity index (χ3v) is 10.1. The van der Waals surface area contributed by atoms with Crippen LogP contribution in [0.5, 0.6) is 0 Å². The maximum absolute atomic E-state index is 14.7. The van der Waals surface area contributed by atoms with Crippen molar-refractivity contribution in [1.82, 2.24) is 19.1 Å². The molecular weight excluding hydrogens is 901 g/mol. The molecule has 0 aliphatic carbocycles. The average Bonchev–Trinajstić information content (AvgIpc) is 3.58. The number of carbonyl (C=O) groups excluding carboxylic acids is 2. The van der Waals surface area contributed by atoms with Gasteiger partial charge in [0.05, 0.1) is 82.3 Å². The van der Waals surface area contributed by atoms with E-state index < -0.39 is 58.2 Å². The first kappa shape index (κ1) is 47.3. The largest absolute Gasteiger partial charge is 0.465 e. The number of halogens is 8. The molecule has 12 nitrogen and oxygen atoms in total. The Hall–Kier alpha value is -8.17. The molecule has 0 bridgehead atoms. The summed E-state index contributed by atoms with van der Waals surface area (Å²) in [5.41, 5.74) is -0.720. The summed E-state index contributed by atoms with van der Waals surface area (Å²) in [6, 6.07) is 20.4. The van der Waals surface area contributed by atoms with Crippen molar-refractivity contribution in [1.29, 1.82) is 10.5 Å². The van der Waals surface area contributed by atoms with Crippen LogP contribution in [0.2, 0.25) is 0 Å². The standard InChI is InChI=1S/C23H14F4N4O2S.C22H16F4N4O2/c1-12-7-8-29-20-19(12)30(15-5-6-16(18(24)10-15)21(32)33-2)22(34)31(20)14-4-3-13(11-28)17(9-14)23(25,26)27;1-12-7-8-28-20(30-14-4-3-13(11-27)17(9-14)22(24,25)26)19(12)29-15-5-6-16(18(23)10-15)21(31)32-2/h3-10H,1-2H3;3-10,29H,1-2H3,(H,28,30). The van der Waals surface area contributed by atoms with Crippen LogP contribution in [-0.4, -0.2) is 45.3 Å². The van der Waals surface area contributed by atoms with Gasteiger partial charge in [-0.15, -0.1) is 0 Å². The highest BCUT2D eigenvalue weighted by atomic mass is 32.1. The molecular formula is C45H30F8N8O4S. The summed E-state index contributed by atoms with van der Waals surface area (Å²) in [5, 5.41) is 23.8. The van der Waals surface area contributed by atoms with E-state index in [-0.39, 0.29) is 50.1 Å². The minimum Gasteiger partial charge on any atom is -0.465 e. The summed E-state index contributed by atoms with van der Waals surface area (Å²) in [7, 11) is 2.26. The van der Waals surface area contributed by atoms with Crippen LogP contribution in [0.3, 0.4) is 0 Å². The smallest absolute Gasteiger partial charge is 0.417 e. The zero-order valence-electron chi connectivity index (χ0n) is 34.5. The van der Waals surface area contributed by atoms with Crippen molar-refractivity contribution in [3.05, 3.63) is 158 Å². The number of pyridine rings is 2. The van der Waals surface area contributed by atoms with Crippen LogP contribution < -0.4 is 10.6 Å². The molecule has 0 fully saturated rings. The number of hydrogen-bond donors (Lipinski definition) is 2. The fraction of sp³-hybridized carbons (Fsp3) is 0.133. The van der Waals surface area contributed by atoms with E-state index in [4.69, 9.17) is 22.7 Å². The molecule has 4 aromatic carbocycles. The van der Waals surface area contributed by atoms with Gasteiger partial charge in [0.1, 0.15) is 11.6 Å². The van der Waals surface area contributed by atoms with Gasteiger partial charge < -0.3 is 20.1 Å². The highest BCUT2D eigenvalue weighted by molar-refractivity contribution is 7.71. The monoisotopic (exact) mass is 930 g/mol. The first-order valence-corrected chi connectivity index (χ1v) is 19.2. The van der Waals surface area contributed by atoms with Crippen LogP contribution in [0.15, 0.2) is 97.3 Å². The summed E-state index contributed by atoms with van der Waals surface area (Å²) in [6.45, 7) is 3.48. The number of nitriles is 2. The second-order valence-electron chi connectivity index (χ2n) is 13.9. The summed E-state index contributed by atoms with van der Waals surface area (Å²) in [6.07, 6.45) is -6.54. The number of methoxy groups -OCH3 is 2. The number of nitrogens with zero attached hydrogens (tertiary/aromatic N) is 6. The number of benzene rings is 4. The molecule has 336 valence electrons. The number of aromatic nitrogens is 4. The van der Waals surface area contributed by atoms with Crippen molar-refractivity contribution >= 4 is 58.2 Å². The number of carbonyl (C=O) groups is 2. The number of esters is 2. The Morgan fingerprint density at radius 3 is 1.73 bits per heavy atom. The summed E-state index contributed by atoms with van der Waals surface area (Å²) >= 11 is 5.59. The molecule has 0 amide bonds. The molecule has 3 heterocycles. The molecule has 0 spiro atoms. The van der Waals surface area contributed by atoms with Gasteiger partial charge >= 0.3 is 24.3 Å². The second kappa shape index (κ2) is 18.9. The minimum atomic E-state index is -4.77. The summed E-state index contributed by atoms with van der Waals surface area (Å²) in [4.78, 5) is 31.8. The fourth-order valence-corrected chi connectivity index (χ4v) is 6.96. The minimum absolute atomic E-state index is 0.0138. The SMILES string of the molecule is COC(=O)c1ccc(-n2c(=S)n(-c3ccc(C#N)c(C(F)(F)F)c3)c3nccc(C)c32)cc1F.COC(=O)c1ccc(Nc2c(C)ccnc2Nc2ccc(C#N)c(C(F)(F)F)c2)cc1F. The number of hydrogen-bond acceptors (Lipinski definition) is 11. The van der Waals surface area contributed by atoms with Crippen molar-refractivity contribution < 1.29 is 54.2 Å². The van der Waals surface area contributed by atoms with Crippen LogP contribution in [-0.2, 0) is 21.8 Å². The van der Waals surface area contributed by atoms with Gasteiger partial charge in [-0.1, -0.05) is 0 Å². The zero-order chi connectivity index (χ0) is 48.2. The lowest BCUT2D eigenvalue weighted by Crippen LogP contribution is -2.09. The molecule has 7 aromatic rings. The van der Waals surface area contributed by atoms with E-state index in [1.165, 1.54) is 64.0 Å². The Morgan fingerprint density at radius 1 is 0.652 bits per heavy atom. The van der Waals surface area contributed by atoms with Crippen molar-refractivity contribution in [3.63, 3.8) is 0 Å². The van der Waals surface area contributed by atoms with Crippen molar-refractivity contribution in [3.8, 4) is 23.5 Å². The maximum Gasteiger partial charge on any atom is 0.417 e. The molecule has 2 N–H and O–H groups in total. The number of anilines is 4. The van der Waals surface area contributed by atoms with Crippen molar-refractivity contribution in [2.24, 2.45) is 0 Å². The van der Waals surface area contributed by atoms with E-state index >= 15 is 0 Å². The predicted octanol–water partition coefficient (Wildman–Crippen LogP) is 11.4. The highest BCUT2D eigenvalue weighted by Crippen LogP contribution is 2.37. The lowest BCUT2D eigenvalue weighted by molar-refractivity contribution is -0.138. The Balaban J connectivity index is 0.000000219. The molecule has 0 saturated heterocycles. The first-order valence-electron chi connectivity index (χ1n) is 18.8. The molecule has 7 rings (SSSR count). The number of rotatable bonds is 8. The number of aryl methyl sites for hydroxylation is 2. The maximum atomic E-state index is 14.7. The highest BCUT2D eigenvalue weighted by Gasteiger charge is 2.35. The van der Waals surface area contributed by atoms with E-state index in [0.29, 0.717) is 22.3 Å². The van der Waals surface area contributed by atoms with Gasteiger partial charge in [-0.05, 0) is 122 Å². The molecule has 0 saturated carbocycles. The normalized spacial score (nSPS) is 11.2. The summed E-state index contributed by atoms with van der Waals surface area (Å²) < 4.78 is 121. The number of fused-ring (bicyclic) bond motifs is 1.